The first-order valence-electron chi connectivity index (χ1n) is 7.51. The van der Waals surface area contributed by atoms with Crippen LogP contribution in [0.3, 0.4) is 0 Å². The Morgan fingerprint density at radius 3 is 2.68 bits per heavy atom. The van der Waals surface area contributed by atoms with E-state index in [1.807, 2.05) is 16.8 Å². The molecule has 1 atom stereocenters. The quantitative estimate of drug-likeness (QED) is 0.718. The highest BCUT2D eigenvalue weighted by molar-refractivity contribution is 7.07. The summed E-state index contributed by atoms with van der Waals surface area (Å²) in [7, 11) is 0. The second-order valence-electron chi connectivity index (χ2n) is 5.13. The number of rotatable bonds is 8. The van der Waals surface area contributed by atoms with Crippen LogP contribution in [0.15, 0.2) is 41.1 Å². The molecule has 0 fully saturated rings. The van der Waals surface area contributed by atoms with Crippen molar-refractivity contribution in [1.29, 1.82) is 0 Å². The first-order chi connectivity index (χ1) is 12.0. The summed E-state index contributed by atoms with van der Waals surface area (Å²) in [5, 5.41) is 6.26. The van der Waals surface area contributed by atoms with E-state index in [0.717, 1.165) is 5.56 Å². The Morgan fingerprint density at radius 2 is 2.00 bits per heavy atom. The molecule has 0 aliphatic carbocycles. The Bertz CT molecular complexity index is 706. The number of aryl methyl sites for hydroxylation is 1. The lowest BCUT2D eigenvalue weighted by atomic mass is 10.2. The van der Waals surface area contributed by atoms with E-state index >= 15 is 0 Å². The van der Waals surface area contributed by atoms with Gasteiger partial charge in [-0.2, -0.15) is 20.1 Å². The smallest absolute Gasteiger partial charge is 0.387 e. The fraction of sp³-hybridized carbons (Fsp3) is 0.294. The summed E-state index contributed by atoms with van der Waals surface area (Å²) < 4.78 is 34.1. The molecule has 5 nitrogen and oxygen atoms in total. The highest BCUT2D eigenvalue weighted by Gasteiger charge is 2.20. The lowest BCUT2D eigenvalue weighted by Gasteiger charge is -2.15. The highest BCUT2D eigenvalue weighted by Crippen LogP contribution is 2.25. The van der Waals surface area contributed by atoms with Gasteiger partial charge in [-0.1, -0.05) is 12.1 Å². The standard InChI is InChI=1S/C17H17F2NO4S/c1-11(23-15(21)7-6-12-8-9-25-10-12)16(22)20-13-4-2-3-5-14(13)24-17(18)19/h2-5,8-11,17H,6-7H2,1H3,(H,20,22). The van der Waals surface area contributed by atoms with Crippen LogP contribution in [0.1, 0.15) is 18.9 Å². The largest absolute Gasteiger partial charge is 0.453 e. The van der Waals surface area contributed by atoms with Gasteiger partial charge in [-0.05, 0) is 47.9 Å². The number of esters is 1. The van der Waals surface area contributed by atoms with E-state index in [0.29, 0.717) is 6.42 Å². The van der Waals surface area contributed by atoms with Crippen molar-refractivity contribution in [1.82, 2.24) is 0 Å². The van der Waals surface area contributed by atoms with E-state index in [1.165, 1.54) is 36.5 Å². The molecular formula is C17H17F2NO4S. The average molecular weight is 369 g/mol. The van der Waals surface area contributed by atoms with Crippen molar-refractivity contribution < 1.29 is 27.8 Å². The Labute approximate surface area is 147 Å². The number of carbonyl (C=O) groups is 2. The zero-order valence-corrected chi connectivity index (χ0v) is 14.2. The molecule has 2 aromatic rings. The van der Waals surface area contributed by atoms with E-state index in [4.69, 9.17) is 4.74 Å². The molecule has 134 valence electrons. The lowest BCUT2D eigenvalue weighted by molar-refractivity contribution is -0.153. The van der Waals surface area contributed by atoms with Gasteiger partial charge in [0, 0.05) is 6.42 Å². The third-order valence-corrected chi connectivity index (χ3v) is 3.97. The Morgan fingerprint density at radius 1 is 1.24 bits per heavy atom. The molecule has 0 radical (unpaired) electrons. The van der Waals surface area contributed by atoms with Gasteiger partial charge in [0.05, 0.1) is 5.69 Å². The predicted octanol–water partition coefficient (Wildman–Crippen LogP) is 3.85. The summed E-state index contributed by atoms with van der Waals surface area (Å²) in [6.07, 6.45) is -0.379. The molecule has 0 saturated heterocycles. The number of hydrogen-bond acceptors (Lipinski definition) is 5. The molecule has 1 amide bonds. The molecule has 25 heavy (non-hydrogen) atoms. The maximum absolute atomic E-state index is 12.4. The molecule has 1 unspecified atom stereocenters. The van der Waals surface area contributed by atoms with E-state index in [-0.39, 0.29) is 17.9 Å². The molecule has 2 rings (SSSR count). The van der Waals surface area contributed by atoms with Crippen LogP contribution in [0.5, 0.6) is 5.75 Å². The number of hydrogen-bond donors (Lipinski definition) is 1. The Hall–Kier alpha value is -2.48. The monoisotopic (exact) mass is 369 g/mol. The van der Waals surface area contributed by atoms with Crippen molar-refractivity contribution in [2.75, 3.05) is 5.32 Å². The van der Waals surface area contributed by atoms with Crippen LogP contribution in [0.4, 0.5) is 14.5 Å². The number of ether oxygens (including phenoxy) is 2. The SMILES string of the molecule is CC(OC(=O)CCc1ccsc1)C(=O)Nc1ccccc1OC(F)F. The van der Waals surface area contributed by atoms with Gasteiger partial charge in [0.25, 0.3) is 5.91 Å². The summed E-state index contributed by atoms with van der Waals surface area (Å²) >= 11 is 1.54. The maximum atomic E-state index is 12.4. The van der Waals surface area contributed by atoms with Crippen LogP contribution < -0.4 is 10.1 Å². The lowest BCUT2D eigenvalue weighted by Crippen LogP contribution is -2.30. The normalized spacial score (nSPS) is 11.8. The van der Waals surface area contributed by atoms with Gasteiger partial charge < -0.3 is 14.8 Å². The van der Waals surface area contributed by atoms with E-state index in [9.17, 15) is 18.4 Å². The Balaban J connectivity index is 1.86. The molecule has 1 aromatic heterocycles. The number of amides is 1. The number of alkyl halides is 2. The van der Waals surface area contributed by atoms with Crippen LogP contribution in [-0.4, -0.2) is 24.6 Å². The minimum absolute atomic E-state index is 0.0778. The van der Waals surface area contributed by atoms with Gasteiger partial charge in [0.15, 0.2) is 6.10 Å². The number of benzene rings is 1. The predicted molar refractivity (Wildman–Crippen MR) is 89.9 cm³/mol. The van der Waals surface area contributed by atoms with Gasteiger partial charge in [-0.15, -0.1) is 0 Å². The van der Waals surface area contributed by atoms with Crippen LogP contribution >= 0.6 is 11.3 Å². The molecule has 1 aromatic carbocycles. The highest BCUT2D eigenvalue weighted by atomic mass is 32.1. The first-order valence-corrected chi connectivity index (χ1v) is 8.45. The van der Waals surface area contributed by atoms with Gasteiger partial charge in [-0.25, -0.2) is 0 Å². The molecule has 0 saturated carbocycles. The summed E-state index contributed by atoms with van der Waals surface area (Å²) in [5.41, 5.74) is 1.10. The minimum Gasteiger partial charge on any atom is -0.453 e. The zero-order valence-electron chi connectivity index (χ0n) is 13.4. The molecule has 8 heteroatoms. The zero-order chi connectivity index (χ0) is 18.2. The second kappa shape index (κ2) is 9.12. The average Bonchev–Trinajstić information content (AvgIpc) is 3.07. The summed E-state index contributed by atoms with van der Waals surface area (Å²) in [5.74, 6) is -1.30. The summed E-state index contributed by atoms with van der Waals surface area (Å²) in [4.78, 5) is 23.9. The molecular weight excluding hydrogens is 352 g/mol. The maximum Gasteiger partial charge on any atom is 0.387 e. The number of halogens is 2. The van der Waals surface area contributed by atoms with E-state index in [2.05, 4.69) is 10.1 Å². The number of carbonyl (C=O) groups excluding carboxylic acids is 2. The third-order valence-electron chi connectivity index (χ3n) is 3.24. The number of anilines is 1. The van der Waals surface area contributed by atoms with Crippen LogP contribution in [0, 0.1) is 0 Å². The van der Waals surface area contributed by atoms with Gasteiger partial charge in [0.2, 0.25) is 0 Å². The number of thiophene rings is 1. The summed E-state index contributed by atoms with van der Waals surface area (Å²) in [6.45, 7) is -1.60. The molecule has 0 aliphatic heterocycles. The van der Waals surface area contributed by atoms with Crippen LogP contribution in [-0.2, 0) is 20.7 Å². The fourth-order valence-corrected chi connectivity index (χ4v) is 2.70. The third kappa shape index (κ3) is 6.15. The molecule has 1 N–H and O–H groups in total. The molecule has 0 aliphatic rings. The van der Waals surface area contributed by atoms with Crippen molar-refractivity contribution >= 4 is 28.9 Å². The fourth-order valence-electron chi connectivity index (χ4n) is 1.99. The topological polar surface area (TPSA) is 64.6 Å². The number of nitrogens with one attached hydrogen (secondary N) is 1. The molecule has 0 bridgehead atoms. The Kier molecular flexibility index (Phi) is 6.88. The van der Waals surface area contributed by atoms with Crippen LogP contribution in [0.2, 0.25) is 0 Å². The van der Waals surface area contributed by atoms with Crippen molar-refractivity contribution in [2.24, 2.45) is 0 Å². The van der Waals surface area contributed by atoms with Crippen molar-refractivity contribution in [3.05, 3.63) is 46.7 Å². The van der Waals surface area contributed by atoms with E-state index in [1.54, 1.807) is 6.07 Å². The van der Waals surface area contributed by atoms with Gasteiger partial charge in [0.1, 0.15) is 5.75 Å². The first kappa shape index (κ1) is 18.9. The van der Waals surface area contributed by atoms with Crippen molar-refractivity contribution in [3.8, 4) is 5.75 Å². The van der Waals surface area contributed by atoms with Crippen molar-refractivity contribution in [3.63, 3.8) is 0 Å². The van der Waals surface area contributed by atoms with E-state index < -0.39 is 24.6 Å². The molecule has 0 spiro atoms. The summed E-state index contributed by atoms with van der Waals surface area (Å²) in [6, 6.07) is 7.70. The molecule has 1 heterocycles. The van der Waals surface area contributed by atoms with Crippen molar-refractivity contribution in [2.45, 2.75) is 32.5 Å². The number of para-hydroxylation sites is 2. The van der Waals surface area contributed by atoms with Crippen LogP contribution in [0.25, 0.3) is 0 Å². The van der Waals surface area contributed by atoms with Gasteiger partial charge in [-0.3, -0.25) is 9.59 Å². The minimum atomic E-state index is -3.01. The van der Waals surface area contributed by atoms with Gasteiger partial charge >= 0.3 is 12.6 Å². The second-order valence-corrected chi connectivity index (χ2v) is 5.91.